The Labute approximate surface area is 284 Å². The maximum Gasteiger partial charge on any atom is 0.0361 e. The monoisotopic (exact) mass is 628 g/mol. The van der Waals surface area contributed by atoms with E-state index in [0.29, 0.717) is 0 Å². The van der Waals surface area contributed by atoms with Crippen molar-refractivity contribution in [1.29, 1.82) is 0 Å². The molecule has 1 heterocycles. The first-order chi connectivity index (χ1) is 23.6. The molecule has 0 atom stereocenters. The standard InChI is InChI=1S/C47H32S/c1-47(2)39-22-10-8-18-34(39)45-36(20-12-23-40(45)47)44-32-17-7-6-16-31(32)43(33-27-26-30(28-38(33)44)29-14-4-3-5-15-29)37-21-13-25-42-46(37)35-19-9-11-24-41(35)48-42/h3-28H,1-2H3. The Bertz CT molecular complexity index is 2740. The molecule has 1 heteroatoms. The van der Waals surface area contributed by atoms with Crippen LogP contribution in [-0.2, 0) is 5.41 Å². The number of rotatable bonds is 3. The summed E-state index contributed by atoms with van der Waals surface area (Å²) in [4.78, 5) is 0. The van der Waals surface area contributed by atoms with E-state index in [1.54, 1.807) is 0 Å². The van der Waals surface area contributed by atoms with Crippen molar-refractivity contribution >= 4 is 53.1 Å². The zero-order valence-electron chi connectivity index (χ0n) is 26.9. The molecule has 0 radical (unpaired) electrons. The molecule has 0 unspecified atom stereocenters. The summed E-state index contributed by atoms with van der Waals surface area (Å²) >= 11 is 1.89. The highest BCUT2D eigenvalue weighted by Crippen LogP contribution is 2.55. The minimum absolute atomic E-state index is 0.0711. The highest BCUT2D eigenvalue weighted by atomic mass is 32.1. The summed E-state index contributed by atoms with van der Waals surface area (Å²) in [5.41, 5.74) is 13.1. The van der Waals surface area contributed by atoms with Crippen molar-refractivity contribution in [2.45, 2.75) is 19.3 Å². The third kappa shape index (κ3) is 3.83. The van der Waals surface area contributed by atoms with Crippen molar-refractivity contribution in [1.82, 2.24) is 0 Å². The van der Waals surface area contributed by atoms with E-state index in [0.717, 1.165) is 0 Å². The topological polar surface area (TPSA) is 0 Å². The molecule has 226 valence electrons. The van der Waals surface area contributed by atoms with Crippen LogP contribution in [0.2, 0.25) is 0 Å². The van der Waals surface area contributed by atoms with Crippen LogP contribution < -0.4 is 0 Å². The molecule has 1 aromatic heterocycles. The second-order valence-corrected chi connectivity index (χ2v) is 14.7. The molecule has 48 heavy (non-hydrogen) atoms. The molecule has 1 aliphatic rings. The van der Waals surface area contributed by atoms with Gasteiger partial charge in [0.2, 0.25) is 0 Å². The molecule has 0 fully saturated rings. The van der Waals surface area contributed by atoms with E-state index >= 15 is 0 Å². The summed E-state index contributed by atoms with van der Waals surface area (Å²) in [5.74, 6) is 0. The summed E-state index contributed by atoms with van der Waals surface area (Å²) in [5, 5.41) is 7.83. The van der Waals surface area contributed by atoms with Crippen LogP contribution in [0.25, 0.3) is 86.2 Å². The van der Waals surface area contributed by atoms with Gasteiger partial charge in [-0.2, -0.15) is 0 Å². The van der Waals surface area contributed by atoms with E-state index < -0.39 is 0 Å². The number of hydrogen-bond acceptors (Lipinski definition) is 1. The smallest absolute Gasteiger partial charge is 0.0361 e. The van der Waals surface area contributed by atoms with Crippen LogP contribution in [0.5, 0.6) is 0 Å². The molecular formula is C47H32S. The Kier molecular flexibility index (Phi) is 5.89. The SMILES string of the molecule is CC1(C)c2ccccc2-c2c(-c3c4ccccc4c(-c4cccc5sc6ccccc6c45)c4ccc(-c5ccccc5)cc34)cccc21. The Balaban J connectivity index is 1.40. The van der Waals surface area contributed by atoms with Crippen molar-refractivity contribution in [3.8, 4) is 44.5 Å². The Morgan fingerprint density at radius 3 is 1.79 bits per heavy atom. The van der Waals surface area contributed by atoms with Gasteiger partial charge < -0.3 is 0 Å². The van der Waals surface area contributed by atoms with E-state index in [4.69, 9.17) is 0 Å². The predicted octanol–water partition coefficient (Wildman–Crippen LogP) is 13.7. The Morgan fingerprint density at radius 2 is 0.958 bits per heavy atom. The van der Waals surface area contributed by atoms with Crippen LogP contribution in [0.1, 0.15) is 25.0 Å². The van der Waals surface area contributed by atoms with E-state index in [9.17, 15) is 0 Å². The van der Waals surface area contributed by atoms with Crippen LogP contribution in [0, 0.1) is 0 Å². The van der Waals surface area contributed by atoms with Crippen molar-refractivity contribution in [2.75, 3.05) is 0 Å². The molecule has 0 N–H and O–H groups in total. The van der Waals surface area contributed by atoms with Gasteiger partial charge in [-0.1, -0.05) is 153 Å². The van der Waals surface area contributed by atoms with Crippen molar-refractivity contribution in [2.24, 2.45) is 0 Å². The minimum Gasteiger partial charge on any atom is -0.135 e. The summed E-state index contributed by atoms with van der Waals surface area (Å²) in [6.45, 7) is 4.75. The van der Waals surface area contributed by atoms with Gasteiger partial charge in [-0.05, 0) is 95.4 Å². The van der Waals surface area contributed by atoms with Gasteiger partial charge in [0.25, 0.3) is 0 Å². The van der Waals surface area contributed by atoms with Gasteiger partial charge in [-0.3, -0.25) is 0 Å². The summed E-state index contributed by atoms with van der Waals surface area (Å²) in [7, 11) is 0. The molecule has 0 saturated heterocycles. The van der Waals surface area contributed by atoms with E-state index in [1.165, 1.54) is 97.4 Å². The van der Waals surface area contributed by atoms with Crippen LogP contribution in [0.3, 0.4) is 0 Å². The first-order valence-corrected chi connectivity index (χ1v) is 17.6. The zero-order chi connectivity index (χ0) is 32.0. The molecule has 1 aliphatic carbocycles. The van der Waals surface area contributed by atoms with Crippen molar-refractivity contribution in [3.63, 3.8) is 0 Å². The molecule has 8 aromatic carbocycles. The van der Waals surface area contributed by atoms with Gasteiger partial charge in [0.15, 0.2) is 0 Å². The fourth-order valence-corrected chi connectivity index (χ4v) is 9.65. The lowest BCUT2D eigenvalue weighted by Gasteiger charge is -2.23. The van der Waals surface area contributed by atoms with Gasteiger partial charge in [-0.25, -0.2) is 0 Å². The second-order valence-electron chi connectivity index (χ2n) is 13.6. The predicted molar refractivity (Wildman–Crippen MR) is 208 cm³/mol. The van der Waals surface area contributed by atoms with Gasteiger partial charge in [0.05, 0.1) is 0 Å². The Morgan fingerprint density at radius 1 is 0.375 bits per heavy atom. The van der Waals surface area contributed by atoms with Gasteiger partial charge >= 0.3 is 0 Å². The summed E-state index contributed by atoms with van der Waals surface area (Å²) in [6, 6.07) is 58.8. The normalized spacial score (nSPS) is 13.4. The van der Waals surface area contributed by atoms with Gasteiger partial charge in [-0.15, -0.1) is 11.3 Å². The molecular weight excluding hydrogens is 597 g/mol. The zero-order valence-corrected chi connectivity index (χ0v) is 27.7. The first-order valence-electron chi connectivity index (χ1n) is 16.8. The maximum absolute atomic E-state index is 2.45. The van der Waals surface area contributed by atoms with Crippen LogP contribution in [0.15, 0.2) is 158 Å². The maximum atomic E-state index is 2.45. The van der Waals surface area contributed by atoms with Crippen LogP contribution >= 0.6 is 11.3 Å². The lowest BCUT2D eigenvalue weighted by atomic mass is 9.80. The lowest BCUT2D eigenvalue weighted by Crippen LogP contribution is -2.14. The fraction of sp³-hybridized carbons (Fsp3) is 0.0638. The number of hydrogen-bond donors (Lipinski definition) is 0. The molecule has 0 nitrogen and oxygen atoms in total. The van der Waals surface area contributed by atoms with Crippen molar-refractivity contribution in [3.05, 3.63) is 169 Å². The quantitative estimate of drug-likeness (QED) is 0.171. The molecule has 0 aliphatic heterocycles. The molecule has 9 aromatic rings. The van der Waals surface area contributed by atoms with Gasteiger partial charge in [0.1, 0.15) is 0 Å². The number of fused-ring (bicyclic) bond motifs is 8. The van der Waals surface area contributed by atoms with E-state index in [2.05, 4.69) is 172 Å². The van der Waals surface area contributed by atoms with E-state index in [-0.39, 0.29) is 5.41 Å². The van der Waals surface area contributed by atoms with Crippen molar-refractivity contribution < 1.29 is 0 Å². The molecule has 0 bridgehead atoms. The third-order valence-electron chi connectivity index (χ3n) is 10.7. The highest BCUT2D eigenvalue weighted by Gasteiger charge is 2.37. The lowest BCUT2D eigenvalue weighted by molar-refractivity contribution is 0.660. The average Bonchev–Trinajstić information content (AvgIpc) is 3.63. The van der Waals surface area contributed by atoms with Gasteiger partial charge in [0, 0.05) is 25.6 Å². The average molecular weight is 629 g/mol. The van der Waals surface area contributed by atoms with Crippen LogP contribution in [-0.4, -0.2) is 0 Å². The summed E-state index contributed by atoms with van der Waals surface area (Å²) in [6.07, 6.45) is 0. The third-order valence-corrected chi connectivity index (χ3v) is 11.8. The van der Waals surface area contributed by atoms with E-state index in [1.807, 2.05) is 11.3 Å². The highest BCUT2D eigenvalue weighted by molar-refractivity contribution is 7.25. The Hall–Kier alpha value is -5.50. The molecule has 0 saturated carbocycles. The largest absolute Gasteiger partial charge is 0.135 e. The number of benzene rings is 8. The first kappa shape index (κ1) is 27.6. The minimum atomic E-state index is -0.0711. The molecule has 0 spiro atoms. The fourth-order valence-electron chi connectivity index (χ4n) is 8.51. The van der Waals surface area contributed by atoms with Crippen LogP contribution in [0.4, 0.5) is 0 Å². The molecule has 0 amide bonds. The summed E-state index contributed by atoms with van der Waals surface area (Å²) < 4.78 is 2.66. The second kappa shape index (κ2) is 10.2. The molecule has 10 rings (SSSR count). The number of thiophene rings is 1.